The number of aryl methyl sites for hydroxylation is 2. The minimum absolute atomic E-state index is 0.349. The summed E-state index contributed by atoms with van der Waals surface area (Å²) < 4.78 is 8.78. The van der Waals surface area contributed by atoms with Crippen LogP contribution in [-0.2, 0) is 5.41 Å². The summed E-state index contributed by atoms with van der Waals surface area (Å²) in [6.45, 7) is 15.4. The second kappa shape index (κ2) is 25.0. The normalized spacial score (nSPS) is 13.6. The van der Waals surface area contributed by atoms with Crippen LogP contribution < -0.4 is 9.64 Å². The molecule has 438 valence electrons. The van der Waals surface area contributed by atoms with Gasteiger partial charge in [0.15, 0.2) is 0 Å². The fraction of sp³-hybridized carbons (Fsp3) is 0.126. The predicted molar refractivity (Wildman–Crippen MR) is 383 cm³/mol. The molecule has 3 heteroatoms. The van der Waals surface area contributed by atoms with Gasteiger partial charge in [-0.25, -0.2) is 0 Å². The second-order valence-corrected chi connectivity index (χ2v) is 24.4. The first-order valence-corrected chi connectivity index (χ1v) is 32.0. The molecule has 90 heavy (non-hydrogen) atoms. The number of ether oxygens (including phenoxy) is 1. The van der Waals surface area contributed by atoms with E-state index < -0.39 is 0 Å². The lowest BCUT2D eigenvalue weighted by molar-refractivity contribution is 0.232. The number of hydrogen-bond acceptors (Lipinski definition) is 2. The predicted octanol–water partition coefficient (Wildman–Crippen LogP) is 23.8. The van der Waals surface area contributed by atoms with Crippen molar-refractivity contribution in [2.24, 2.45) is 5.92 Å². The highest BCUT2D eigenvalue weighted by Crippen LogP contribution is 2.57. The molecule has 2 atom stereocenters. The van der Waals surface area contributed by atoms with Crippen molar-refractivity contribution in [1.82, 2.24) is 4.57 Å². The van der Waals surface area contributed by atoms with Crippen LogP contribution >= 0.6 is 0 Å². The zero-order valence-corrected chi connectivity index (χ0v) is 51.7. The Morgan fingerprint density at radius 1 is 0.433 bits per heavy atom. The Balaban J connectivity index is 0.809. The summed E-state index contributed by atoms with van der Waals surface area (Å²) in [4.78, 5) is 2.46. The molecule has 3 nitrogen and oxygen atoms in total. The maximum Gasteiger partial charge on any atom is 0.119 e. The molecule has 0 saturated carbocycles. The first-order chi connectivity index (χ1) is 44.3. The number of benzene rings is 12. The van der Waals surface area contributed by atoms with Crippen molar-refractivity contribution in [3.8, 4) is 67.1 Å². The van der Waals surface area contributed by atoms with Crippen LogP contribution in [0.2, 0.25) is 0 Å². The molecule has 1 aliphatic rings. The summed E-state index contributed by atoms with van der Waals surface area (Å²) in [5.41, 5.74) is 27.5. The molecule has 0 radical (unpaired) electrons. The van der Waals surface area contributed by atoms with Crippen molar-refractivity contribution >= 4 is 51.0 Å². The zero-order valence-electron chi connectivity index (χ0n) is 51.7. The average Bonchev–Trinajstić information content (AvgIpc) is 1.56. The van der Waals surface area contributed by atoms with E-state index in [9.17, 15) is 0 Å². The summed E-state index contributed by atoms with van der Waals surface area (Å²) in [7, 11) is 0. The smallest absolute Gasteiger partial charge is 0.119 e. The van der Waals surface area contributed by atoms with Gasteiger partial charge in [0.1, 0.15) is 5.75 Å². The minimum atomic E-state index is -0.349. The Kier molecular flexibility index (Phi) is 15.9. The molecule has 1 aliphatic carbocycles. The van der Waals surface area contributed by atoms with E-state index in [1.54, 1.807) is 0 Å². The molecule has 0 N–H and O–H groups in total. The van der Waals surface area contributed by atoms with Gasteiger partial charge in [-0.1, -0.05) is 246 Å². The van der Waals surface area contributed by atoms with Crippen molar-refractivity contribution in [1.29, 1.82) is 0 Å². The summed E-state index contributed by atoms with van der Waals surface area (Å²) in [5.74, 6) is 1.39. The summed E-state index contributed by atoms with van der Waals surface area (Å²) in [6, 6.07) is 103. The lowest BCUT2D eigenvalue weighted by Gasteiger charge is -2.34. The van der Waals surface area contributed by atoms with E-state index in [1.165, 1.54) is 105 Å². The number of nitrogens with zero attached hydrogens (tertiary/aromatic N) is 2. The van der Waals surface area contributed by atoms with Gasteiger partial charge in [0.05, 0.1) is 17.6 Å². The highest BCUT2D eigenvalue weighted by molar-refractivity contribution is 6.12. The number of fused-ring (bicyclic) bond motifs is 6. The summed E-state index contributed by atoms with van der Waals surface area (Å²) >= 11 is 0. The Morgan fingerprint density at radius 2 is 0.933 bits per heavy atom. The second-order valence-electron chi connectivity index (χ2n) is 24.4. The molecule has 0 fully saturated rings. The molecule has 1 aromatic heterocycles. The molecular weight excluding hydrogens is 1090 g/mol. The Hall–Kier alpha value is -10.5. The molecule has 14 rings (SSSR count). The van der Waals surface area contributed by atoms with Gasteiger partial charge in [0.25, 0.3) is 0 Å². The van der Waals surface area contributed by atoms with Gasteiger partial charge in [-0.3, -0.25) is 0 Å². The quantitative estimate of drug-likeness (QED) is 0.0708. The molecule has 0 amide bonds. The largest absolute Gasteiger partial charge is 0.493 e. The Morgan fingerprint density at radius 3 is 1.58 bits per heavy atom. The number of anilines is 3. The van der Waals surface area contributed by atoms with Crippen LogP contribution in [0.1, 0.15) is 78.0 Å². The third-order valence-corrected chi connectivity index (χ3v) is 19.1. The van der Waals surface area contributed by atoms with Crippen molar-refractivity contribution in [2.75, 3.05) is 11.5 Å². The van der Waals surface area contributed by atoms with E-state index in [0.717, 1.165) is 71.7 Å². The summed E-state index contributed by atoms with van der Waals surface area (Å²) in [5, 5.41) is 2.46. The van der Waals surface area contributed by atoms with Gasteiger partial charge < -0.3 is 14.2 Å². The van der Waals surface area contributed by atoms with Crippen LogP contribution in [-0.4, -0.2) is 11.2 Å². The lowest BCUT2D eigenvalue weighted by atomic mass is 9.69. The van der Waals surface area contributed by atoms with Crippen LogP contribution in [0.15, 0.2) is 292 Å². The molecule has 12 aromatic carbocycles. The molecule has 13 aromatic rings. The third kappa shape index (κ3) is 10.9. The van der Waals surface area contributed by atoms with Crippen molar-refractivity contribution in [3.05, 3.63) is 331 Å². The van der Waals surface area contributed by atoms with Crippen LogP contribution in [0.3, 0.4) is 0 Å². The van der Waals surface area contributed by atoms with E-state index in [2.05, 4.69) is 322 Å². The lowest BCUT2D eigenvalue weighted by Crippen LogP contribution is -2.27. The van der Waals surface area contributed by atoms with E-state index in [-0.39, 0.29) is 5.41 Å². The highest BCUT2D eigenvalue weighted by atomic mass is 16.5. The molecule has 0 aliphatic heterocycles. The van der Waals surface area contributed by atoms with Crippen molar-refractivity contribution < 1.29 is 4.74 Å². The van der Waals surface area contributed by atoms with Gasteiger partial charge in [-0.2, -0.15) is 0 Å². The zero-order chi connectivity index (χ0) is 61.1. The molecule has 2 unspecified atom stereocenters. The SMILES string of the molecule is C=Cc1ccc(OCC(CC)CCCCC2(c3ccccc3)c3ccccc3-c3ccc(N(c4ccc(-c5ccccc5)cc4)c4ccc(-c5cc(C)c(-c6ccc7c(c6)c6cc(-c8ccc(C=C)cc8)ccc6n7-c6ccccc6)cc5C)cc4)cc32)cc1. The Labute approximate surface area is 531 Å². The Bertz CT molecular complexity index is 4710. The number of rotatable bonds is 20. The highest BCUT2D eigenvalue weighted by Gasteiger charge is 2.44. The molecule has 1 heterocycles. The maximum atomic E-state index is 6.37. The van der Waals surface area contributed by atoms with Crippen LogP contribution in [0.25, 0.3) is 95.3 Å². The molecule has 0 saturated heterocycles. The average molecular weight is 1160 g/mol. The van der Waals surface area contributed by atoms with Crippen LogP contribution in [0.5, 0.6) is 5.75 Å². The summed E-state index contributed by atoms with van der Waals surface area (Å²) in [6.07, 6.45) is 9.14. The first-order valence-electron chi connectivity index (χ1n) is 32.0. The van der Waals surface area contributed by atoms with E-state index in [4.69, 9.17) is 4.74 Å². The third-order valence-electron chi connectivity index (χ3n) is 19.1. The van der Waals surface area contributed by atoms with Crippen molar-refractivity contribution in [2.45, 2.75) is 58.3 Å². The van der Waals surface area contributed by atoms with E-state index in [1.807, 2.05) is 12.2 Å². The fourth-order valence-corrected chi connectivity index (χ4v) is 14.2. The number of unbranched alkanes of at least 4 members (excludes halogenated alkanes) is 1. The van der Waals surface area contributed by atoms with Gasteiger partial charge in [-0.05, 0) is 212 Å². The molecular formula is C87H74N2O. The minimum Gasteiger partial charge on any atom is -0.493 e. The van der Waals surface area contributed by atoms with E-state index >= 15 is 0 Å². The monoisotopic (exact) mass is 1160 g/mol. The number of hydrogen-bond donors (Lipinski definition) is 0. The number of para-hydroxylation sites is 1. The molecule has 0 spiro atoms. The molecule has 0 bridgehead atoms. The van der Waals surface area contributed by atoms with Gasteiger partial charge in [0.2, 0.25) is 0 Å². The standard InChI is InChI=1S/C87H74N2O/c1-6-62-31-35-67(36-32-62)69-41-51-85-81(56-69)82-57-70(42-52-86(82)89(85)72-27-16-11-17-28-72)80-55-60(4)79(54-61(80)5)68-39-45-74(46-40-68)88(73-43-37-66(38-44-73)65-23-12-9-13-24-65)75-47-50-78-77-29-18-19-30-83(77)87(84(78)58-75,71-25-14-10-15-26-71)53-21-20-22-64(8-3)59-90-76-48-33-63(7-2)34-49-76/h6-7,9-19,23-52,54-58,64H,1-2,8,20-22,53,59H2,3-5H3. The fourth-order valence-electron chi connectivity index (χ4n) is 14.2. The van der Waals surface area contributed by atoms with Gasteiger partial charge >= 0.3 is 0 Å². The van der Waals surface area contributed by atoms with Gasteiger partial charge in [-0.15, -0.1) is 0 Å². The first kappa shape index (κ1) is 57.3. The van der Waals surface area contributed by atoms with Crippen molar-refractivity contribution in [3.63, 3.8) is 0 Å². The van der Waals surface area contributed by atoms with E-state index in [0.29, 0.717) is 12.5 Å². The topological polar surface area (TPSA) is 17.4 Å². The van der Waals surface area contributed by atoms with Crippen LogP contribution in [0.4, 0.5) is 17.1 Å². The van der Waals surface area contributed by atoms with Gasteiger partial charge in [0, 0.05) is 38.9 Å². The van der Waals surface area contributed by atoms with Crippen LogP contribution in [0, 0.1) is 19.8 Å². The maximum absolute atomic E-state index is 6.37. The number of aromatic nitrogens is 1.